The number of guanidine groups is 1. The smallest absolute Gasteiger partial charge is 0.243 e. The first-order chi connectivity index (χ1) is 12.5. The molecule has 1 aromatic carbocycles. The quantitative estimate of drug-likeness (QED) is 0.367. The summed E-state index contributed by atoms with van der Waals surface area (Å²) in [7, 11) is 3.40. The van der Waals surface area contributed by atoms with E-state index in [0.717, 1.165) is 18.7 Å². The number of likely N-dealkylation sites (N-methyl/N-ethyl adjacent to an activating group) is 1. The molecule has 0 aliphatic rings. The molecule has 1 rings (SSSR count). The number of hydrogen-bond acceptors (Lipinski definition) is 4. The molecule has 0 saturated carbocycles. The van der Waals surface area contributed by atoms with Crippen LogP contribution in [0.5, 0.6) is 5.75 Å². The van der Waals surface area contributed by atoms with E-state index in [0.29, 0.717) is 18.3 Å². The van der Waals surface area contributed by atoms with Crippen molar-refractivity contribution in [1.82, 2.24) is 15.5 Å². The van der Waals surface area contributed by atoms with Gasteiger partial charge in [0.25, 0.3) is 0 Å². The number of aliphatic imine (C=N–C) groups is 1. The van der Waals surface area contributed by atoms with E-state index in [1.54, 1.807) is 38.0 Å². The van der Waals surface area contributed by atoms with Crippen LogP contribution in [-0.4, -0.2) is 68.6 Å². The Morgan fingerprint density at radius 1 is 1.38 bits per heavy atom. The van der Waals surface area contributed by atoms with Crippen LogP contribution >= 0.6 is 11.8 Å². The van der Waals surface area contributed by atoms with E-state index in [1.807, 2.05) is 13.2 Å². The number of carbonyl (C=O) groups excluding carboxylic acids is 1. The molecule has 0 aliphatic carbocycles. The number of benzene rings is 1. The number of halogens is 1. The summed E-state index contributed by atoms with van der Waals surface area (Å²) in [6.45, 7) is 3.31. The second-order valence-electron chi connectivity index (χ2n) is 5.86. The molecule has 1 atom stereocenters. The molecule has 146 valence electrons. The van der Waals surface area contributed by atoms with Gasteiger partial charge in [-0.3, -0.25) is 4.79 Å². The van der Waals surface area contributed by atoms with Crippen LogP contribution in [0.15, 0.2) is 29.3 Å². The number of rotatable bonds is 10. The van der Waals surface area contributed by atoms with E-state index in [9.17, 15) is 9.18 Å². The summed E-state index contributed by atoms with van der Waals surface area (Å²) in [5.74, 6) is 1.59. The zero-order valence-electron chi connectivity index (χ0n) is 15.9. The predicted molar refractivity (Wildman–Crippen MR) is 106 cm³/mol. The molecule has 8 heteroatoms. The number of carbonyl (C=O) groups is 1. The van der Waals surface area contributed by atoms with E-state index in [1.165, 1.54) is 17.0 Å². The van der Waals surface area contributed by atoms with Gasteiger partial charge in [-0.05, 0) is 24.8 Å². The third-order valence-electron chi connectivity index (χ3n) is 3.52. The van der Waals surface area contributed by atoms with E-state index in [2.05, 4.69) is 15.6 Å². The fourth-order valence-corrected chi connectivity index (χ4v) is 2.25. The van der Waals surface area contributed by atoms with Gasteiger partial charge in [0.1, 0.15) is 24.2 Å². The van der Waals surface area contributed by atoms with Crippen LogP contribution < -0.4 is 15.4 Å². The van der Waals surface area contributed by atoms with Crippen molar-refractivity contribution in [3.63, 3.8) is 0 Å². The molecule has 0 fully saturated rings. The summed E-state index contributed by atoms with van der Waals surface area (Å²) in [6.07, 6.45) is 2.63. The van der Waals surface area contributed by atoms with Crippen molar-refractivity contribution in [2.45, 2.75) is 19.4 Å². The van der Waals surface area contributed by atoms with Crippen molar-refractivity contribution in [1.29, 1.82) is 0 Å². The average molecular weight is 385 g/mol. The Labute approximate surface area is 159 Å². The van der Waals surface area contributed by atoms with E-state index in [-0.39, 0.29) is 24.4 Å². The first-order valence-corrected chi connectivity index (χ1v) is 9.99. The summed E-state index contributed by atoms with van der Waals surface area (Å²) in [5.41, 5.74) is 0. The highest BCUT2D eigenvalue weighted by molar-refractivity contribution is 7.98. The second kappa shape index (κ2) is 12.4. The molecule has 1 aromatic rings. The van der Waals surface area contributed by atoms with Crippen LogP contribution in [-0.2, 0) is 4.79 Å². The normalized spacial score (nSPS) is 12.4. The van der Waals surface area contributed by atoms with E-state index in [4.69, 9.17) is 4.74 Å². The molecule has 0 aliphatic heterocycles. The van der Waals surface area contributed by atoms with Crippen LogP contribution in [0.3, 0.4) is 0 Å². The maximum absolute atomic E-state index is 13.3. The van der Waals surface area contributed by atoms with Crippen LogP contribution in [0, 0.1) is 5.82 Å². The van der Waals surface area contributed by atoms with Crippen LogP contribution in [0.2, 0.25) is 0 Å². The molecule has 0 saturated heterocycles. The zero-order chi connectivity index (χ0) is 19.4. The monoisotopic (exact) mass is 384 g/mol. The minimum atomic E-state index is -0.325. The summed E-state index contributed by atoms with van der Waals surface area (Å²) in [5, 5.41) is 6.40. The number of hydrogen-bond donors (Lipinski definition) is 2. The van der Waals surface area contributed by atoms with Gasteiger partial charge in [-0.15, -0.1) is 0 Å². The molecular weight excluding hydrogens is 355 g/mol. The van der Waals surface area contributed by atoms with Crippen LogP contribution in [0.25, 0.3) is 0 Å². The van der Waals surface area contributed by atoms with Crippen molar-refractivity contribution in [2.75, 3.05) is 45.7 Å². The van der Waals surface area contributed by atoms with Crippen LogP contribution in [0.1, 0.15) is 13.3 Å². The van der Waals surface area contributed by atoms with Crippen molar-refractivity contribution >= 4 is 23.6 Å². The van der Waals surface area contributed by atoms with E-state index < -0.39 is 0 Å². The number of ether oxygens (including phenoxy) is 1. The first-order valence-electron chi connectivity index (χ1n) is 8.59. The lowest BCUT2D eigenvalue weighted by Crippen LogP contribution is -2.43. The van der Waals surface area contributed by atoms with Crippen molar-refractivity contribution in [2.24, 2.45) is 4.99 Å². The Hall–Kier alpha value is -1.96. The Bertz CT molecular complexity index is 584. The number of nitrogens with zero attached hydrogens (tertiary/aromatic N) is 2. The Kier molecular flexibility index (Phi) is 10.5. The van der Waals surface area contributed by atoms with Gasteiger partial charge in [0.15, 0.2) is 5.96 Å². The lowest BCUT2D eigenvalue weighted by molar-refractivity contribution is -0.127. The summed E-state index contributed by atoms with van der Waals surface area (Å²) in [4.78, 5) is 17.6. The SMILES string of the molecule is CCC(CNC(=NCC(=O)N(C)C)NCCSC)Oc1cccc(F)c1. The maximum atomic E-state index is 13.3. The standard InChI is InChI=1S/C18H29FN4O2S/c1-5-15(25-16-8-6-7-14(19)11-16)12-21-18(20-9-10-26-4)22-13-17(24)23(2)3/h6-8,11,15H,5,9-10,12-13H2,1-4H3,(H2,20,21,22). The third kappa shape index (κ3) is 8.94. The van der Waals surface area contributed by atoms with Crippen molar-refractivity contribution < 1.29 is 13.9 Å². The van der Waals surface area contributed by atoms with Gasteiger partial charge in [-0.25, -0.2) is 9.38 Å². The largest absolute Gasteiger partial charge is 0.489 e. The maximum Gasteiger partial charge on any atom is 0.243 e. The fraction of sp³-hybridized carbons (Fsp3) is 0.556. The molecule has 0 bridgehead atoms. The Balaban J connectivity index is 2.62. The highest BCUT2D eigenvalue weighted by Gasteiger charge is 2.11. The average Bonchev–Trinajstić information content (AvgIpc) is 2.62. The van der Waals surface area contributed by atoms with Gasteiger partial charge in [-0.1, -0.05) is 13.0 Å². The molecule has 6 nitrogen and oxygen atoms in total. The van der Waals surface area contributed by atoms with Gasteiger partial charge in [-0.2, -0.15) is 11.8 Å². The lowest BCUT2D eigenvalue weighted by Gasteiger charge is -2.20. The van der Waals surface area contributed by atoms with E-state index >= 15 is 0 Å². The summed E-state index contributed by atoms with van der Waals surface area (Å²) in [6, 6.07) is 6.10. The molecule has 26 heavy (non-hydrogen) atoms. The molecule has 0 radical (unpaired) electrons. The lowest BCUT2D eigenvalue weighted by atomic mass is 10.2. The minimum Gasteiger partial charge on any atom is -0.489 e. The Morgan fingerprint density at radius 2 is 2.15 bits per heavy atom. The van der Waals surface area contributed by atoms with Gasteiger partial charge < -0.3 is 20.3 Å². The highest BCUT2D eigenvalue weighted by atomic mass is 32.2. The fourth-order valence-electron chi connectivity index (χ4n) is 1.95. The van der Waals surface area contributed by atoms with Gasteiger partial charge in [0.2, 0.25) is 5.91 Å². The molecular formula is C18H29FN4O2S. The highest BCUT2D eigenvalue weighted by Crippen LogP contribution is 2.14. The minimum absolute atomic E-state index is 0.0704. The Morgan fingerprint density at radius 3 is 2.77 bits per heavy atom. The second-order valence-corrected chi connectivity index (χ2v) is 6.84. The third-order valence-corrected chi connectivity index (χ3v) is 4.13. The predicted octanol–water partition coefficient (Wildman–Crippen LogP) is 1.97. The topological polar surface area (TPSA) is 66.0 Å². The molecule has 2 N–H and O–H groups in total. The molecule has 0 heterocycles. The van der Waals surface area contributed by atoms with Gasteiger partial charge in [0, 0.05) is 32.5 Å². The number of thioether (sulfide) groups is 1. The number of nitrogens with one attached hydrogen (secondary N) is 2. The van der Waals surface area contributed by atoms with Gasteiger partial charge in [0.05, 0.1) is 6.54 Å². The molecule has 1 amide bonds. The number of amides is 1. The summed E-state index contributed by atoms with van der Waals surface area (Å²) < 4.78 is 19.1. The molecule has 1 unspecified atom stereocenters. The first kappa shape index (κ1) is 22.1. The zero-order valence-corrected chi connectivity index (χ0v) is 16.7. The van der Waals surface area contributed by atoms with Gasteiger partial charge >= 0.3 is 0 Å². The van der Waals surface area contributed by atoms with Crippen molar-refractivity contribution in [3.8, 4) is 5.75 Å². The molecule has 0 spiro atoms. The molecule has 0 aromatic heterocycles. The van der Waals surface area contributed by atoms with Crippen molar-refractivity contribution in [3.05, 3.63) is 30.1 Å². The summed E-state index contributed by atoms with van der Waals surface area (Å²) >= 11 is 1.72. The van der Waals surface area contributed by atoms with Crippen LogP contribution in [0.4, 0.5) is 4.39 Å².